The molecule has 0 aliphatic rings. The number of ether oxygens (including phenoxy) is 2. The number of aliphatic imine (C=N–C) groups is 1. The smallest absolute Gasteiger partial charge is 0.444 e. The topological polar surface area (TPSA) is 98.0 Å². The fraction of sp³-hybridized carbons (Fsp3) is 0.556. The Morgan fingerprint density at radius 2 is 1.79 bits per heavy atom. The Kier molecular flexibility index (Phi) is 11.1. The number of nitrogens with zero attached hydrogens (tertiary/aromatic N) is 1. The molecule has 1 aromatic rings. The van der Waals surface area contributed by atoms with Gasteiger partial charge in [-0.2, -0.15) is 0 Å². The maximum atomic E-state index is 12.2. The van der Waals surface area contributed by atoms with Crippen molar-refractivity contribution in [2.24, 2.45) is 10.7 Å². The van der Waals surface area contributed by atoms with E-state index in [0.29, 0.717) is 12.1 Å². The fourth-order valence-corrected chi connectivity index (χ4v) is 2.17. The number of nitrogens with one attached hydrogen (secondary N) is 2. The number of alkyl carbamates (subject to hydrolysis) is 1. The summed E-state index contributed by atoms with van der Waals surface area (Å²) in [7, 11) is 0. The van der Waals surface area contributed by atoms with Crippen LogP contribution < -0.4 is 21.1 Å². The summed E-state index contributed by atoms with van der Waals surface area (Å²) in [5.74, 6) is -0.269. The van der Waals surface area contributed by atoms with Crippen molar-refractivity contribution in [2.45, 2.75) is 58.5 Å². The number of anilines is 1. The molecule has 4 N–H and O–H groups in total. The minimum Gasteiger partial charge on any atom is -0.444 e. The molecule has 0 bridgehead atoms. The molecule has 1 unspecified atom stereocenters. The van der Waals surface area contributed by atoms with Crippen molar-refractivity contribution in [3.05, 3.63) is 24.3 Å². The maximum absolute atomic E-state index is 12.2. The Balaban J connectivity index is 0.00000784. The summed E-state index contributed by atoms with van der Waals surface area (Å²) in [5.41, 5.74) is 5.65. The second-order valence-corrected chi connectivity index (χ2v) is 7.05. The lowest BCUT2D eigenvalue weighted by Gasteiger charge is -2.22. The van der Waals surface area contributed by atoms with Crippen LogP contribution in [0.3, 0.4) is 0 Å². The first-order valence-electron chi connectivity index (χ1n) is 8.80. The molecule has 0 radical (unpaired) electrons. The van der Waals surface area contributed by atoms with Gasteiger partial charge < -0.3 is 25.8 Å². The molecule has 0 saturated carbocycles. The van der Waals surface area contributed by atoms with Gasteiger partial charge in [-0.3, -0.25) is 4.99 Å². The van der Waals surface area contributed by atoms with Gasteiger partial charge in [-0.15, -0.1) is 37.1 Å². The number of amides is 1. The van der Waals surface area contributed by atoms with Crippen LogP contribution in [0, 0.1) is 0 Å². The number of guanidine groups is 1. The zero-order valence-corrected chi connectivity index (χ0v) is 19.1. The van der Waals surface area contributed by atoms with Gasteiger partial charge in [0.25, 0.3) is 0 Å². The molecule has 0 aliphatic carbocycles. The van der Waals surface area contributed by atoms with E-state index in [0.717, 1.165) is 18.6 Å². The van der Waals surface area contributed by atoms with Gasteiger partial charge in [-0.1, -0.05) is 13.3 Å². The lowest BCUT2D eigenvalue weighted by Crippen LogP contribution is -2.41. The molecule has 166 valence electrons. The minimum absolute atomic E-state index is 0. The predicted molar refractivity (Wildman–Crippen MR) is 117 cm³/mol. The largest absolute Gasteiger partial charge is 0.573 e. The molecule has 29 heavy (non-hydrogen) atoms. The molecule has 7 nitrogen and oxygen atoms in total. The number of rotatable bonds is 7. The second kappa shape index (κ2) is 11.9. The van der Waals surface area contributed by atoms with E-state index in [2.05, 4.69) is 20.4 Å². The van der Waals surface area contributed by atoms with Crippen LogP contribution >= 0.6 is 24.0 Å². The average molecular weight is 532 g/mol. The molecule has 0 heterocycles. The number of nitrogens with two attached hydrogens (primary N) is 1. The molecule has 0 aliphatic heterocycles. The van der Waals surface area contributed by atoms with Gasteiger partial charge in [-0.25, -0.2) is 4.79 Å². The maximum Gasteiger partial charge on any atom is 0.573 e. The summed E-state index contributed by atoms with van der Waals surface area (Å²) in [6.45, 7) is 7.51. The van der Waals surface area contributed by atoms with Gasteiger partial charge in [0.2, 0.25) is 0 Å². The van der Waals surface area contributed by atoms with Crippen molar-refractivity contribution in [3.63, 3.8) is 0 Å². The van der Waals surface area contributed by atoms with Crippen LogP contribution in [0.15, 0.2) is 29.3 Å². The standard InChI is InChI=1S/C18H27F3N4O3.HI/c1-5-6-13(25-16(26)28-17(2,3)4)11-23-15(22)24-12-7-9-14(10-8-12)27-18(19,20)21;/h7-10,13H,5-6,11H2,1-4H3,(H,25,26)(H3,22,23,24);1H. The zero-order chi connectivity index (χ0) is 21.4. The molecule has 0 spiro atoms. The monoisotopic (exact) mass is 532 g/mol. The predicted octanol–water partition coefficient (Wildman–Crippen LogP) is 4.62. The number of hydrogen-bond acceptors (Lipinski definition) is 4. The van der Waals surface area contributed by atoms with E-state index in [1.54, 1.807) is 20.8 Å². The highest BCUT2D eigenvalue weighted by Crippen LogP contribution is 2.23. The first kappa shape index (κ1) is 27.1. The second-order valence-electron chi connectivity index (χ2n) is 7.05. The number of benzene rings is 1. The lowest BCUT2D eigenvalue weighted by atomic mass is 10.1. The molecular weight excluding hydrogens is 504 g/mol. The zero-order valence-electron chi connectivity index (χ0n) is 16.8. The van der Waals surface area contributed by atoms with E-state index in [4.69, 9.17) is 10.5 Å². The molecular formula is C18H28F3IN4O3. The van der Waals surface area contributed by atoms with Gasteiger partial charge in [0, 0.05) is 5.69 Å². The highest BCUT2D eigenvalue weighted by Gasteiger charge is 2.30. The number of hydrogen-bond donors (Lipinski definition) is 3. The van der Waals surface area contributed by atoms with Gasteiger partial charge in [0.15, 0.2) is 5.96 Å². The Bertz CT molecular complexity index is 662. The van der Waals surface area contributed by atoms with Crippen molar-refractivity contribution >= 4 is 41.7 Å². The first-order chi connectivity index (χ1) is 12.9. The van der Waals surface area contributed by atoms with Crippen molar-refractivity contribution < 1.29 is 27.4 Å². The normalized spacial score (nSPS) is 13.1. The third kappa shape index (κ3) is 13.0. The quantitative estimate of drug-likeness (QED) is 0.271. The van der Waals surface area contributed by atoms with E-state index >= 15 is 0 Å². The van der Waals surface area contributed by atoms with Crippen molar-refractivity contribution in [3.8, 4) is 5.75 Å². The SMILES string of the molecule is CCCC(CN=C(N)Nc1ccc(OC(F)(F)F)cc1)NC(=O)OC(C)(C)C.I. The van der Waals surface area contributed by atoms with Crippen LogP contribution in [0.25, 0.3) is 0 Å². The van der Waals surface area contributed by atoms with Crippen LogP contribution in [-0.4, -0.2) is 36.6 Å². The molecule has 0 aromatic heterocycles. The highest BCUT2D eigenvalue weighted by atomic mass is 127. The van der Waals surface area contributed by atoms with Gasteiger partial charge >= 0.3 is 12.5 Å². The van der Waals surface area contributed by atoms with Crippen LogP contribution in [0.5, 0.6) is 5.75 Å². The average Bonchev–Trinajstić information content (AvgIpc) is 2.51. The summed E-state index contributed by atoms with van der Waals surface area (Å²) in [6.07, 6.45) is -3.78. The van der Waals surface area contributed by atoms with Crippen molar-refractivity contribution in [1.29, 1.82) is 0 Å². The summed E-state index contributed by atoms with van der Waals surface area (Å²) in [6, 6.07) is 4.82. The van der Waals surface area contributed by atoms with Gasteiger partial charge in [0.05, 0.1) is 12.6 Å². The lowest BCUT2D eigenvalue weighted by molar-refractivity contribution is -0.274. The first-order valence-corrected chi connectivity index (χ1v) is 8.80. The molecule has 0 saturated heterocycles. The van der Waals surface area contributed by atoms with Gasteiger partial charge in [-0.05, 0) is 51.5 Å². The summed E-state index contributed by atoms with van der Waals surface area (Å²) in [5, 5.41) is 5.52. The Hall–Kier alpha value is -1.92. The van der Waals surface area contributed by atoms with Crippen LogP contribution in [0.1, 0.15) is 40.5 Å². The molecule has 1 amide bonds. The van der Waals surface area contributed by atoms with Crippen molar-refractivity contribution in [2.75, 3.05) is 11.9 Å². The molecule has 11 heteroatoms. The molecule has 1 aromatic carbocycles. The Morgan fingerprint density at radius 3 is 2.28 bits per heavy atom. The van der Waals surface area contributed by atoms with Crippen molar-refractivity contribution in [1.82, 2.24) is 5.32 Å². The van der Waals surface area contributed by atoms with Crippen LogP contribution in [0.4, 0.5) is 23.7 Å². The number of carbonyl (C=O) groups is 1. The van der Waals surface area contributed by atoms with Crippen LogP contribution in [0.2, 0.25) is 0 Å². The highest BCUT2D eigenvalue weighted by molar-refractivity contribution is 14.0. The van der Waals surface area contributed by atoms with E-state index < -0.39 is 18.1 Å². The van der Waals surface area contributed by atoms with Crippen LogP contribution in [-0.2, 0) is 4.74 Å². The number of alkyl halides is 3. The van der Waals surface area contributed by atoms with Gasteiger partial charge in [0.1, 0.15) is 11.4 Å². The van der Waals surface area contributed by atoms with E-state index in [-0.39, 0.29) is 48.3 Å². The van der Waals surface area contributed by atoms with E-state index in [1.807, 2.05) is 6.92 Å². The fourth-order valence-electron chi connectivity index (χ4n) is 2.17. The third-order valence-corrected chi connectivity index (χ3v) is 3.20. The third-order valence-electron chi connectivity index (χ3n) is 3.20. The Morgan fingerprint density at radius 1 is 1.21 bits per heavy atom. The summed E-state index contributed by atoms with van der Waals surface area (Å²) >= 11 is 0. The summed E-state index contributed by atoms with van der Waals surface area (Å²) in [4.78, 5) is 16.1. The molecule has 1 rings (SSSR count). The summed E-state index contributed by atoms with van der Waals surface area (Å²) < 4.78 is 45.5. The molecule has 1 atom stereocenters. The minimum atomic E-state index is -4.75. The molecule has 0 fully saturated rings. The number of carbonyl (C=O) groups excluding carboxylic acids is 1. The number of halogens is 4. The van der Waals surface area contributed by atoms with E-state index in [9.17, 15) is 18.0 Å². The van der Waals surface area contributed by atoms with E-state index in [1.165, 1.54) is 12.1 Å². The Labute approximate surface area is 185 Å².